The summed E-state index contributed by atoms with van der Waals surface area (Å²) in [5, 5.41) is 3.37. The number of rotatable bonds is 5. The SMILES string of the molecule is CNC(Cc1cccc(F)c1)CC1CCCC1. The molecule has 0 spiro atoms. The summed E-state index contributed by atoms with van der Waals surface area (Å²) in [4.78, 5) is 0. The summed E-state index contributed by atoms with van der Waals surface area (Å²) in [6.07, 6.45) is 7.70. The topological polar surface area (TPSA) is 12.0 Å². The van der Waals surface area contributed by atoms with Crippen molar-refractivity contribution in [2.45, 2.75) is 44.6 Å². The molecule has 94 valence electrons. The van der Waals surface area contributed by atoms with E-state index in [1.807, 2.05) is 13.1 Å². The number of halogens is 1. The lowest BCUT2D eigenvalue weighted by Gasteiger charge is -2.20. The quantitative estimate of drug-likeness (QED) is 0.823. The molecule has 0 saturated heterocycles. The highest BCUT2D eigenvalue weighted by Crippen LogP contribution is 2.29. The number of hydrogen-bond acceptors (Lipinski definition) is 1. The molecule has 1 N–H and O–H groups in total. The lowest BCUT2D eigenvalue weighted by atomic mass is 9.94. The molecule has 0 amide bonds. The molecule has 0 aromatic heterocycles. The maximum Gasteiger partial charge on any atom is 0.123 e. The van der Waals surface area contributed by atoms with Gasteiger partial charge in [0.2, 0.25) is 0 Å². The molecule has 0 radical (unpaired) electrons. The van der Waals surface area contributed by atoms with Crippen molar-refractivity contribution in [1.29, 1.82) is 0 Å². The molecule has 2 rings (SSSR count). The van der Waals surface area contributed by atoms with Gasteiger partial charge in [-0.2, -0.15) is 0 Å². The van der Waals surface area contributed by atoms with Crippen molar-refractivity contribution in [3.05, 3.63) is 35.6 Å². The molecule has 2 heteroatoms. The Labute approximate surface area is 103 Å². The summed E-state index contributed by atoms with van der Waals surface area (Å²) < 4.78 is 13.1. The first-order valence-corrected chi connectivity index (χ1v) is 6.69. The molecule has 1 fully saturated rings. The maximum atomic E-state index is 13.1. The van der Waals surface area contributed by atoms with Crippen LogP contribution in [0.15, 0.2) is 24.3 Å². The van der Waals surface area contributed by atoms with Gasteiger partial charge in [-0.1, -0.05) is 37.8 Å². The van der Waals surface area contributed by atoms with Crippen molar-refractivity contribution in [1.82, 2.24) is 5.32 Å². The molecule has 17 heavy (non-hydrogen) atoms. The molecular weight excluding hydrogens is 213 g/mol. The summed E-state index contributed by atoms with van der Waals surface area (Å²) >= 11 is 0. The molecule has 1 nitrogen and oxygen atoms in total. The minimum absolute atomic E-state index is 0.127. The number of likely N-dealkylation sites (N-methyl/N-ethyl adjacent to an activating group) is 1. The first kappa shape index (κ1) is 12.6. The zero-order valence-electron chi connectivity index (χ0n) is 10.6. The van der Waals surface area contributed by atoms with Gasteiger partial charge in [-0.25, -0.2) is 4.39 Å². The predicted molar refractivity (Wildman–Crippen MR) is 69.5 cm³/mol. The van der Waals surface area contributed by atoms with Gasteiger partial charge in [0.25, 0.3) is 0 Å². The Balaban J connectivity index is 1.90. The van der Waals surface area contributed by atoms with E-state index in [1.54, 1.807) is 12.1 Å². The van der Waals surface area contributed by atoms with E-state index in [9.17, 15) is 4.39 Å². The second-order valence-corrected chi connectivity index (χ2v) is 5.21. The molecule has 1 aliphatic rings. The van der Waals surface area contributed by atoms with Gasteiger partial charge < -0.3 is 5.32 Å². The first-order valence-electron chi connectivity index (χ1n) is 6.69. The van der Waals surface area contributed by atoms with Crippen LogP contribution in [0.2, 0.25) is 0 Å². The van der Waals surface area contributed by atoms with Gasteiger partial charge in [0.1, 0.15) is 5.82 Å². The minimum atomic E-state index is -0.127. The van der Waals surface area contributed by atoms with Gasteiger partial charge in [0, 0.05) is 6.04 Å². The van der Waals surface area contributed by atoms with E-state index in [-0.39, 0.29) is 5.82 Å². The predicted octanol–water partition coefficient (Wildman–Crippen LogP) is 3.54. The fourth-order valence-corrected chi connectivity index (χ4v) is 2.90. The van der Waals surface area contributed by atoms with Crippen LogP contribution in [-0.4, -0.2) is 13.1 Å². The van der Waals surface area contributed by atoms with Crippen LogP contribution in [0, 0.1) is 11.7 Å². The Kier molecular flexibility index (Phi) is 4.55. The summed E-state index contributed by atoms with van der Waals surface area (Å²) in [5.74, 6) is 0.749. The number of benzene rings is 1. The smallest absolute Gasteiger partial charge is 0.123 e. The summed E-state index contributed by atoms with van der Waals surface area (Å²) in [7, 11) is 2.01. The number of hydrogen-bond donors (Lipinski definition) is 1. The summed E-state index contributed by atoms with van der Waals surface area (Å²) in [5.41, 5.74) is 1.10. The highest BCUT2D eigenvalue weighted by molar-refractivity contribution is 5.17. The van der Waals surface area contributed by atoms with E-state index in [1.165, 1.54) is 38.2 Å². The Morgan fingerprint density at radius 3 is 2.76 bits per heavy atom. The van der Waals surface area contributed by atoms with E-state index in [0.29, 0.717) is 6.04 Å². The second-order valence-electron chi connectivity index (χ2n) is 5.21. The molecule has 0 aliphatic heterocycles. The molecule has 1 saturated carbocycles. The lowest BCUT2D eigenvalue weighted by Crippen LogP contribution is -2.29. The normalized spacial score (nSPS) is 18.5. The fourth-order valence-electron chi connectivity index (χ4n) is 2.90. The largest absolute Gasteiger partial charge is 0.317 e. The molecule has 0 bridgehead atoms. The van der Waals surface area contributed by atoms with Crippen LogP contribution in [-0.2, 0) is 6.42 Å². The van der Waals surface area contributed by atoms with E-state index in [4.69, 9.17) is 0 Å². The van der Waals surface area contributed by atoms with Crippen molar-refractivity contribution < 1.29 is 4.39 Å². The third kappa shape index (κ3) is 3.81. The highest BCUT2D eigenvalue weighted by Gasteiger charge is 2.19. The van der Waals surface area contributed by atoms with Crippen LogP contribution >= 0.6 is 0 Å². The first-order chi connectivity index (χ1) is 8.28. The van der Waals surface area contributed by atoms with Gasteiger partial charge in [-0.15, -0.1) is 0 Å². The van der Waals surface area contributed by atoms with Crippen LogP contribution in [0.1, 0.15) is 37.7 Å². The average Bonchev–Trinajstić information content (AvgIpc) is 2.81. The summed E-state index contributed by atoms with van der Waals surface area (Å²) in [6.45, 7) is 0. The zero-order valence-corrected chi connectivity index (χ0v) is 10.6. The monoisotopic (exact) mass is 235 g/mol. The molecule has 1 unspecified atom stereocenters. The molecule has 1 aromatic carbocycles. The Morgan fingerprint density at radius 2 is 2.12 bits per heavy atom. The van der Waals surface area contributed by atoms with Crippen LogP contribution < -0.4 is 5.32 Å². The van der Waals surface area contributed by atoms with Crippen molar-refractivity contribution >= 4 is 0 Å². The van der Waals surface area contributed by atoms with E-state index < -0.39 is 0 Å². The zero-order chi connectivity index (χ0) is 12.1. The highest BCUT2D eigenvalue weighted by atomic mass is 19.1. The van der Waals surface area contributed by atoms with Gasteiger partial charge in [-0.05, 0) is 43.5 Å². The van der Waals surface area contributed by atoms with Crippen LogP contribution in [0.4, 0.5) is 4.39 Å². The van der Waals surface area contributed by atoms with Crippen molar-refractivity contribution in [3.63, 3.8) is 0 Å². The van der Waals surface area contributed by atoms with Gasteiger partial charge in [-0.3, -0.25) is 0 Å². The minimum Gasteiger partial charge on any atom is -0.317 e. The van der Waals surface area contributed by atoms with Gasteiger partial charge in [0.05, 0.1) is 0 Å². The maximum absolute atomic E-state index is 13.1. The van der Waals surface area contributed by atoms with Gasteiger partial charge >= 0.3 is 0 Å². The molecule has 0 heterocycles. The van der Waals surface area contributed by atoms with E-state index in [2.05, 4.69) is 5.32 Å². The van der Waals surface area contributed by atoms with Crippen LogP contribution in [0.3, 0.4) is 0 Å². The molecule has 1 aliphatic carbocycles. The third-order valence-corrected chi connectivity index (χ3v) is 3.87. The van der Waals surface area contributed by atoms with Crippen LogP contribution in [0.5, 0.6) is 0 Å². The number of nitrogens with one attached hydrogen (secondary N) is 1. The Bertz CT molecular complexity index is 345. The van der Waals surface area contributed by atoms with Crippen molar-refractivity contribution in [2.75, 3.05) is 7.05 Å². The lowest BCUT2D eigenvalue weighted by molar-refractivity contribution is 0.402. The second kappa shape index (κ2) is 6.15. The third-order valence-electron chi connectivity index (χ3n) is 3.87. The molecular formula is C15H22FN. The van der Waals surface area contributed by atoms with E-state index in [0.717, 1.165) is 17.9 Å². The Morgan fingerprint density at radius 1 is 1.35 bits per heavy atom. The molecule has 1 aromatic rings. The fraction of sp³-hybridized carbons (Fsp3) is 0.600. The molecule has 1 atom stereocenters. The average molecular weight is 235 g/mol. The van der Waals surface area contributed by atoms with Crippen molar-refractivity contribution in [2.24, 2.45) is 5.92 Å². The van der Waals surface area contributed by atoms with Crippen molar-refractivity contribution in [3.8, 4) is 0 Å². The standard InChI is InChI=1S/C15H22FN/c1-17-15(10-12-5-2-3-6-12)11-13-7-4-8-14(16)9-13/h4,7-9,12,15,17H,2-3,5-6,10-11H2,1H3. The summed E-state index contributed by atoms with van der Waals surface area (Å²) in [6, 6.07) is 7.46. The van der Waals surface area contributed by atoms with Gasteiger partial charge in [0.15, 0.2) is 0 Å². The van der Waals surface area contributed by atoms with E-state index >= 15 is 0 Å². The Hall–Kier alpha value is -0.890. The van der Waals surface area contributed by atoms with Crippen LogP contribution in [0.25, 0.3) is 0 Å².